The fourth-order valence-corrected chi connectivity index (χ4v) is 4.12. The van der Waals surface area contributed by atoms with Gasteiger partial charge in [0, 0.05) is 28.5 Å². The van der Waals surface area contributed by atoms with E-state index in [2.05, 4.69) is 55.5 Å². The zero-order chi connectivity index (χ0) is 20.2. The summed E-state index contributed by atoms with van der Waals surface area (Å²) < 4.78 is 2.23. The zero-order valence-electron chi connectivity index (χ0n) is 16.0. The van der Waals surface area contributed by atoms with Gasteiger partial charge in [-0.05, 0) is 18.6 Å². The van der Waals surface area contributed by atoms with Crippen molar-refractivity contribution in [2.24, 2.45) is 0 Å². The van der Waals surface area contributed by atoms with Crippen molar-refractivity contribution in [3.63, 3.8) is 0 Å². The number of amides is 1. The molecule has 4 N–H and O–H groups in total. The number of nitrogens with one attached hydrogen (secondary N) is 2. The van der Waals surface area contributed by atoms with Gasteiger partial charge in [0.15, 0.2) is 0 Å². The standard InChI is InChI=1S/C21H22N6OS/c1-14(20-24-21(22)26-25-20)23-19(28)13-29-18-12-27(11-15-7-3-2-4-8-15)17-10-6-5-9-16(17)18/h2-10,12,14H,11,13H2,1H3,(H,23,28)(H3,22,24,25,26)/t14-/m1/s1. The Morgan fingerprint density at radius 3 is 2.72 bits per heavy atom. The average molecular weight is 407 g/mol. The molecule has 1 atom stereocenters. The van der Waals surface area contributed by atoms with Gasteiger partial charge in [0.2, 0.25) is 11.9 Å². The molecule has 148 valence electrons. The van der Waals surface area contributed by atoms with E-state index < -0.39 is 0 Å². The normalized spacial score (nSPS) is 12.2. The number of aromatic amines is 1. The number of para-hydroxylation sites is 1. The number of nitrogens with two attached hydrogens (primary N) is 1. The molecule has 2 aromatic carbocycles. The van der Waals surface area contributed by atoms with Crippen LogP contribution in [0, 0.1) is 0 Å². The molecule has 0 aliphatic heterocycles. The van der Waals surface area contributed by atoms with Crippen molar-refractivity contribution in [1.29, 1.82) is 0 Å². The van der Waals surface area contributed by atoms with E-state index in [1.165, 1.54) is 17.3 Å². The molecule has 0 spiro atoms. The Balaban J connectivity index is 1.46. The number of thioether (sulfide) groups is 1. The Labute approximate surface area is 172 Å². The van der Waals surface area contributed by atoms with E-state index in [-0.39, 0.29) is 17.9 Å². The predicted octanol–water partition coefficient (Wildman–Crippen LogP) is 3.36. The van der Waals surface area contributed by atoms with Crippen LogP contribution in [0.5, 0.6) is 0 Å². The van der Waals surface area contributed by atoms with Crippen LogP contribution in [0.25, 0.3) is 10.9 Å². The van der Waals surface area contributed by atoms with Gasteiger partial charge >= 0.3 is 0 Å². The van der Waals surface area contributed by atoms with Crippen LogP contribution in [0.1, 0.15) is 24.4 Å². The highest BCUT2D eigenvalue weighted by molar-refractivity contribution is 8.00. The summed E-state index contributed by atoms with van der Waals surface area (Å²) >= 11 is 1.53. The van der Waals surface area contributed by atoms with Crippen molar-refractivity contribution in [1.82, 2.24) is 25.1 Å². The van der Waals surface area contributed by atoms with Crippen LogP contribution in [0.3, 0.4) is 0 Å². The number of carbonyl (C=O) groups excluding carboxylic acids is 1. The smallest absolute Gasteiger partial charge is 0.239 e. The van der Waals surface area contributed by atoms with Crippen LogP contribution in [0.15, 0.2) is 65.7 Å². The summed E-state index contributed by atoms with van der Waals surface area (Å²) in [5.74, 6) is 0.951. The largest absolute Gasteiger partial charge is 0.367 e. The van der Waals surface area contributed by atoms with Gasteiger partial charge in [-0.2, -0.15) is 4.98 Å². The number of hydrogen-bond acceptors (Lipinski definition) is 5. The second kappa shape index (κ2) is 8.40. The molecule has 0 aliphatic rings. The molecule has 0 saturated heterocycles. The van der Waals surface area contributed by atoms with Crippen molar-refractivity contribution in [2.75, 3.05) is 11.5 Å². The van der Waals surface area contributed by atoms with Crippen molar-refractivity contribution < 1.29 is 4.79 Å². The third-order valence-electron chi connectivity index (χ3n) is 4.61. The summed E-state index contributed by atoms with van der Waals surface area (Å²) in [4.78, 5) is 17.5. The number of benzene rings is 2. The molecule has 8 heteroatoms. The lowest BCUT2D eigenvalue weighted by atomic mass is 10.2. The Morgan fingerprint density at radius 1 is 1.21 bits per heavy atom. The van der Waals surface area contributed by atoms with E-state index in [0.717, 1.165) is 22.3 Å². The summed E-state index contributed by atoms with van der Waals surface area (Å²) in [6, 6.07) is 18.3. The molecule has 7 nitrogen and oxygen atoms in total. The minimum absolute atomic E-state index is 0.0719. The van der Waals surface area contributed by atoms with Crippen molar-refractivity contribution in [3.8, 4) is 0 Å². The molecule has 4 aromatic rings. The van der Waals surface area contributed by atoms with E-state index in [0.29, 0.717) is 11.6 Å². The Hall–Kier alpha value is -3.26. The number of fused-ring (bicyclic) bond motifs is 1. The highest BCUT2D eigenvalue weighted by Gasteiger charge is 2.15. The number of anilines is 1. The summed E-state index contributed by atoms with van der Waals surface area (Å²) in [5, 5.41) is 10.6. The lowest BCUT2D eigenvalue weighted by Gasteiger charge is -2.10. The van der Waals surface area contributed by atoms with Gasteiger partial charge in [-0.1, -0.05) is 48.5 Å². The Morgan fingerprint density at radius 2 is 1.97 bits per heavy atom. The summed E-state index contributed by atoms with van der Waals surface area (Å²) in [6.07, 6.45) is 2.12. The first-order valence-corrected chi connectivity index (χ1v) is 10.3. The van der Waals surface area contributed by atoms with Crippen LogP contribution < -0.4 is 11.1 Å². The SMILES string of the molecule is C[C@@H](NC(=O)CSc1cn(Cc2ccccc2)c2ccccc12)c1nc(N)n[nH]1. The number of carbonyl (C=O) groups is 1. The topological polar surface area (TPSA) is 102 Å². The molecule has 0 bridgehead atoms. The lowest BCUT2D eigenvalue weighted by Crippen LogP contribution is -2.28. The number of hydrogen-bond donors (Lipinski definition) is 3. The molecule has 0 saturated carbocycles. The van der Waals surface area contributed by atoms with E-state index >= 15 is 0 Å². The van der Waals surface area contributed by atoms with Crippen LogP contribution in [0.2, 0.25) is 0 Å². The molecule has 0 unspecified atom stereocenters. The minimum Gasteiger partial charge on any atom is -0.367 e. The zero-order valence-corrected chi connectivity index (χ0v) is 16.8. The van der Waals surface area contributed by atoms with Gasteiger partial charge < -0.3 is 15.6 Å². The van der Waals surface area contributed by atoms with Crippen molar-refractivity contribution in [2.45, 2.75) is 24.4 Å². The molecule has 1 amide bonds. The molecule has 2 aromatic heterocycles. The predicted molar refractivity (Wildman–Crippen MR) is 116 cm³/mol. The molecule has 0 fully saturated rings. The molecular formula is C21H22N6OS. The van der Waals surface area contributed by atoms with Gasteiger partial charge in [-0.15, -0.1) is 16.9 Å². The molecule has 0 aliphatic carbocycles. The number of rotatable bonds is 7. The van der Waals surface area contributed by atoms with Gasteiger partial charge in [0.25, 0.3) is 0 Å². The van der Waals surface area contributed by atoms with Gasteiger partial charge in [-0.25, -0.2) is 0 Å². The molecule has 0 radical (unpaired) electrons. The number of nitrogens with zero attached hydrogens (tertiary/aromatic N) is 3. The van der Waals surface area contributed by atoms with Crippen molar-refractivity contribution >= 4 is 34.5 Å². The number of aromatic nitrogens is 4. The Bertz CT molecular complexity index is 1120. The molecule has 2 heterocycles. The molecule has 4 rings (SSSR count). The first kappa shape index (κ1) is 19.1. The van der Waals surface area contributed by atoms with Crippen LogP contribution in [0.4, 0.5) is 5.95 Å². The van der Waals surface area contributed by atoms with E-state index in [4.69, 9.17) is 5.73 Å². The maximum atomic E-state index is 12.4. The summed E-state index contributed by atoms with van der Waals surface area (Å²) in [6.45, 7) is 2.63. The third kappa shape index (κ3) is 4.43. The number of nitrogen functional groups attached to an aromatic ring is 1. The lowest BCUT2D eigenvalue weighted by molar-refractivity contribution is -0.119. The first-order chi connectivity index (χ1) is 14.1. The quantitative estimate of drug-likeness (QED) is 0.409. The van der Waals surface area contributed by atoms with E-state index in [1.54, 1.807) is 0 Å². The van der Waals surface area contributed by atoms with E-state index in [1.807, 2.05) is 37.3 Å². The number of H-pyrrole nitrogens is 1. The second-order valence-corrected chi connectivity index (χ2v) is 7.80. The molecule has 29 heavy (non-hydrogen) atoms. The van der Waals surface area contributed by atoms with Crippen LogP contribution in [-0.2, 0) is 11.3 Å². The highest BCUT2D eigenvalue weighted by atomic mass is 32.2. The van der Waals surface area contributed by atoms with E-state index in [9.17, 15) is 4.79 Å². The van der Waals surface area contributed by atoms with Gasteiger partial charge in [0.05, 0.1) is 11.8 Å². The highest BCUT2D eigenvalue weighted by Crippen LogP contribution is 2.30. The van der Waals surface area contributed by atoms with Crippen molar-refractivity contribution in [3.05, 3.63) is 72.2 Å². The molecular weight excluding hydrogens is 384 g/mol. The Kier molecular flexibility index (Phi) is 5.53. The first-order valence-electron chi connectivity index (χ1n) is 9.32. The third-order valence-corrected chi connectivity index (χ3v) is 5.66. The summed E-state index contributed by atoms with van der Waals surface area (Å²) in [7, 11) is 0. The van der Waals surface area contributed by atoms with Crippen LogP contribution in [-0.4, -0.2) is 31.4 Å². The van der Waals surface area contributed by atoms with Crippen LogP contribution >= 0.6 is 11.8 Å². The minimum atomic E-state index is -0.285. The maximum absolute atomic E-state index is 12.4. The monoisotopic (exact) mass is 406 g/mol. The fourth-order valence-electron chi connectivity index (χ4n) is 3.22. The summed E-state index contributed by atoms with van der Waals surface area (Å²) in [5.41, 5.74) is 7.92. The fraction of sp³-hybridized carbons (Fsp3) is 0.190. The second-order valence-electron chi connectivity index (χ2n) is 6.78. The van der Waals surface area contributed by atoms with Gasteiger partial charge in [0.1, 0.15) is 5.82 Å². The average Bonchev–Trinajstić information content (AvgIpc) is 3.31. The van der Waals surface area contributed by atoms with Gasteiger partial charge in [-0.3, -0.25) is 9.89 Å². The maximum Gasteiger partial charge on any atom is 0.239 e.